The molecule has 1 aliphatic rings. The van der Waals surface area contributed by atoms with Crippen molar-refractivity contribution >= 4 is 11.8 Å². The highest BCUT2D eigenvalue weighted by molar-refractivity contribution is 5.95. The summed E-state index contributed by atoms with van der Waals surface area (Å²) in [4.78, 5) is 10.9. The number of aliphatic hydroxyl groups excluding tert-OH is 1. The molecule has 1 aliphatic heterocycles. The number of piperidine rings is 1. The van der Waals surface area contributed by atoms with E-state index in [0.29, 0.717) is 18.1 Å². The lowest BCUT2D eigenvalue weighted by Crippen LogP contribution is -2.41. The van der Waals surface area contributed by atoms with Crippen molar-refractivity contribution in [2.75, 3.05) is 18.1 Å². The maximum absolute atomic E-state index is 9.18. The molecule has 1 saturated heterocycles. The molecular formula is C13H21N5O2. The number of rotatable bonds is 4. The number of aliphatic hydroxyl groups is 1. The highest BCUT2D eigenvalue weighted by Crippen LogP contribution is 2.24. The average molecular weight is 279 g/mol. The van der Waals surface area contributed by atoms with Gasteiger partial charge in [0.25, 0.3) is 0 Å². The summed E-state index contributed by atoms with van der Waals surface area (Å²) in [6.07, 6.45) is 3.96. The Morgan fingerprint density at radius 2 is 2.30 bits per heavy atom. The summed E-state index contributed by atoms with van der Waals surface area (Å²) in [6.45, 7) is 2.87. The van der Waals surface area contributed by atoms with E-state index in [9.17, 15) is 5.11 Å². The molecule has 0 radical (unpaired) electrons. The molecule has 20 heavy (non-hydrogen) atoms. The van der Waals surface area contributed by atoms with Gasteiger partial charge in [0.05, 0.1) is 0 Å². The van der Waals surface area contributed by atoms with Crippen LogP contribution in [0.3, 0.4) is 0 Å². The molecular weight excluding hydrogens is 258 g/mol. The van der Waals surface area contributed by atoms with Crippen LogP contribution >= 0.6 is 0 Å². The van der Waals surface area contributed by atoms with E-state index in [1.807, 2.05) is 6.92 Å². The largest absolute Gasteiger partial charge is 0.409 e. The topological polar surface area (TPSA) is 108 Å². The number of hydrogen-bond acceptors (Lipinski definition) is 6. The van der Waals surface area contributed by atoms with Gasteiger partial charge in [0.15, 0.2) is 5.84 Å². The summed E-state index contributed by atoms with van der Waals surface area (Å²) in [5.41, 5.74) is 6.79. The van der Waals surface area contributed by atoms with Crippen molar-refractivity contribution < 1.29 is 10.3 Å². The van der Waals surface area contributed by atoms with E-state index in [-0.39, 0.29) is 18.5 Å². The molecule has 1 unspecified atom stereocenters. The second kappa shape index (κ2) is 6.51. The van der Waals surface area contributed by atoms with E-state index >= 15 is 0 Å². The Kier molecular flexibility index (Phi) is 4.73. The number of anilines is 1. The first kappa shape index (κ1) is 14.5. The highest BCUT2D eigenvalue weighted by atomic mass is 16.4. The Labute approximate surface area is 118 Å². The molecule has 0 aromatic carbocycles. The molecule has 7 nitrogen and oxygen atoms in total. The van der Waals surface area contributed by atoms with E-state index in [1.165, 1.54) is 0 Å². The minimum Gasteiger partial charge on any atom is -0.409 e. The van der Waals surface area contributed by atoms with Crippen molar-refractivity contribution in [3.63, 3.8) is 0 Å². The van der Waals surface area contributed by atoms with Crippen LogP contribution in [0.15, 0.2) is 11.2 Å². The summed E-state index contributed by atoms with van der Waals surface area (Å²) in [5, 5.41) is 20.9. The van der Waals surface area contributed by atoms with E-state index in [2.05, 4.69) is 20.0 Å². The van der Waals surface area contributed by atoms with Crippen LogP contribution in [0.25, 0.3) is 0 Å². The number of oxime groups is 1. The number of nitrogens with zero attached hydrogens (tertiary/aromatic N) is 4. The zero-order valence-corrected chi connectivity index (χ0v) is 11.7. The lowest BCUT2D eigenvalue weighted by atomic mass is 10.00. The van der Waals surface area contributed by atoms with Gasteiger partial charge in [-0.05, 0) is 38.7 Å². The van der Waals surface area contributed by atoms with Gasteiger partial charge in [-0.3, -0.25) is 0 Å². The number of nitrogens with two attached hydrogens (primary N) is 1. The minimum absolute atomic E-state index is 0.0209. The molecule has 0 saturated carbocycles. The van der Waals surface area contributed by atoms with Crippen molar-refractivity contribution in [2.24, 2.45) is 10.9 Å². The third-order valence-corrected chi connectivity index (χ3v) is 3.56. The predicted molar refractivity (Wildman–Crippen MR) is 76.0 cm³/mol. The van der Waals surface area contributed by atoms with E-state index in [4.69, 9.17) is 10.9 Å². The molecule has 0 amide bonds. The molecule has 2 heterocycles. The molecule has 1 aromatic rings. The SMILES string of the molecule is Cc1cc(/C(N)=N/O)nc(N2CCCCC2CCO)n1. The maximum atomic E-state index is 9.18. The molecule has 0 spiro atoms. The minimum atomic E-state index is -0.0209. The number of aryl methyl sites for hydroxylation is 1. The van der Waals surface area contributed by atoms with Gasteiger partial charge in [0, 0.05) is 24.9 Å². The van der Waals surface area contributed by atoms with Crippen LogP contribution in [-0.4, -0.2) is 45.3 Å². The molecule has 110 valence electrons. The fraction of sp³-hybridized carbons (Fsp3) is 0.615. The molecule has 0 bridgehead atoms. The third kappa shape index (κ3) is 3.16. The molecule has 0 aliphatic carbocycles. The Morgan fingerprint density at radius 3 is 3.00 bits per heavy atom. The molecule has 1 atom stereocenters. The van der Waals surface area contributed by atoms with Gasteiger partial charge in [-0.25, -0.2) is 9.97 Å². The Balaban J connectivity index is 2.32. The fourth-order valence-corrected chi connectivity index (χ4v) is 2.58. The first-order chi connectivity index (χ1) is 9.65. The van der Waals surface area contributed by atoms with Gasteiger partial charge in [0.1, 0.15) is 5.69 Å². The molecule has 1 fully saturated rings. The predicted octanol–water partition coefficient (Wildman–Crippen LogP) is 0.621. The Bertz CT molecular complexity index is 490. The summed E-state index contributed by atoms with van der Waals surface area (Å²) in [6, 6.07) is 1.93. The van der Waals surface area contributed by atoms with E-state index in [0.717, 1.165) is 31.5 Å². The van der Waals surface area contributed by atoms with Crippen molar-refractivity contribution in [3.8, 4) is 0 Å². The van der Waals surface area contributed by atoms with Gasteiger partial charge in [-0.2, -0.15) is 0 Å². The zero-order valence-electron chi connectivity index (χ0n) is 11.7. The summed E-state index contributed by atoms with van der Waals surface area (Å²) >= 11 is 0. The standard InChI is InChI=1S/C13H21N5O2/c1-9-8-11(12(14)17-20)16-13(15-9)18-6-3-2-4-10(18)5-7-19/h8,10,19-20H,2-7H2,1H3,(H2,14,17). The monoisotopic (exact) mass is 279 g/mol. The van der Waals surface area contributed by atoms with Crippen molar-refractivity contribution in [1.82, 2.24) is 9.97 Å². The van der Waals surface area contributed by atoms with Crippen LogP contribution in [0.2, 0.25) is 0 Å². The Hall–Kier alpha value is -1.89. The van der Waals surface area contributed by atoms with Crippen LogP contribution in [-0.2, 0) is 0 Å². The number of amidine groups is 1. The normalized spacial score (nSPS) is 20.2. The summed E-state index contributed by atoms with van der Waals surface area (Å²) in [7, 11) is 0. The highest BCUT2D eigenvalue weighted by Gasteiger charge is 2.24. The average Bonchev–Trinajstić information content (AvgIpc) is 2.46. The van der Waals surface area contributed by atoms with Crippen molar-refractivity contribution in [2.45, 2.75) is 38.6 Å². The molecule has 7 heteroatoms. The third-order valence-electron chi connectivity index (χ3n) is 3.56. The Morgan fingerprint density at radius 1 is 1.50 bits per heavy atom. The molecule has 4 N–H and O–H groups in total. The second-order valence-electron chi connectivity index (χ2n) is 5.04. The van der Waals surface area contributed by atoms with Gasteiger partial charge in [-0.1, -0.05) is 5.16 Å². The maximum Gasteiger partial charge on any atom is 0.226 e. The zero-order chi connectivity index (χ0) is 14.5. The van der Waals surface area contributed by atoms with Gasteiger partial charge in [-0.15, -0.1) is 0 Å². The first-order valence-corrected chi connectivity index (χ1v) is 6.86. The fourth-order valence-electron chi connectivity index (χ4n) is 2.58. The lowest BCUT2D eigenvalue weighted by molar-refractivity contribution is 0.261. The van der Waals surface area contributed by atoms with E-state index < -0.39 is 0 Å². The van der Waals surface area contributed by atoms with Crippen LogP contribution < -0.4 is 10.6 Å². The van der Waals surface area contributed by atoms with Gasteiger partial charge < -0.3 is 20.9 Å². The van der Waals surface area contributed by atoms with Gasteiger partial charge in [0.2, 0.25) is 5.95 Å². The van der Waals surface area contributed by atoms with Crippen molar-refractivity contribution in [1.29, 1.82) is 0 Å². The molecule has 2 rings (SSSR count). The summed E-state index contributed by atoms with van der Waals surface area (Å²) in [5.74, 6) is 0.567. The van der Waals surface area contributed by atoms with Gasteiger partial charge >= 0.3 is 0 Å². The van der Waals surface area contributed by atoms with Crippen LogP contribution in [0.4, 0.5) is 5.95 Å². The lowest BCUT2D eigenvalue weighted by Gasteiger charge is -2.35. The smallest absolute Gasteiger partial charge is 0.226 e. The van der Waals surface area contributed by atoms with Crippen LogP contribution in [0.1, 0.15) is 37.1 Å². The summed E-state index contributed by atoms with van der Waals surface area (Å²) < 4.78 is 0. The van der Waals surface area contributed by atoms with Crippen LogP contribution in [0.5, 0.6) is 0 Å². The number of aromatic nitrogens is 2. The van der Waals surface area contributed by atoms with Crippen LogP contribution in [0, 0.1) is 6.92 Å². The van der Waals surface area contributed by atoms with E-state index in [1.54, 1.807) is 6.07 Å². The molecule has 1 aromatic heterocycles. The second-order valence-corrected chi connectivity index (χ2v) is 5.04. The quantitative estimate of drug-likeness (QED) is 0.323. The number of hydrogen-bond donors (Lipinski definition) is 3. The first-order valence-electron chi connectivity index (χ1n) is 6.86. The van der Waals surface area contributed by atoms with Crippen molar-refractivity contribution in [3.05, 3.63) is 17.5 Å².